The van der Waals surface area contributed by atoms with Crippen LogP contribution in [0.5, 0.6) is 5.75 Å². The summed E-state index contributed by atoms with van der Waals surface area (Å²) in [6.45, 7) is 3.89. The molecule has 1 N–H and O–H groups in total. The fourth-order valence-electron chi connectivity index (χ4n) is 3.19. The monoisotopic (exact) mass is 304 g/mol. The van der Waals surface area contributed by atoms with Crippen LogP contribution in [-0.2, 0) is 11.2 Å². The molecular weight excluding hydrogens is 276 g/mol. The minimum absolute atomic E-state index is 0.280. The Morgan fingerprint density at radius 2 is 2.23 bits per heavy atom. The Kier molecular flexibility index (Phi) is 6.25. The third-order valence-electron chi connectivity index (χ3n) is 4.47. The number of carbonyl (C=O) groups excluding carboxylic acids is 1. The summed E-state index contributed by atoms with van der Waals surface area (Å²) in [5.74, 6) is 1.51. The summed E-state index contributed by atoms with van der Waals surface area (Å²) in [4.78, 5) is 14.5. The molecule has 0 unspecified atom stereocenters. The molecular formula is C18H28N2O2. The zero-order valence-corrected chi connectivity index (χ0v) is 14.0. The maximum atomic E-state index is 12.5. The van der Waals surface area contributed by atoms with Gasteiger partial charge in [-0.1, -0.05) is 25.1 Å². The molecule has 1 aromatic rings. The molecule has 1 amide bonds. The van der Waals surface area contributed by atoms with Crippen LogP contribution < -0.4 is 10.1 Å². The topological polar surface area (TPSA) is 41.6 Å². The minimum Gasteiger partial charge on any atom is -0.496 e. The zero-order valence-electron chi connectivity index (χ0n) is 14.0. The van der Waals surface area contributed by atoms with E-state index in [-0.39, 0.29) is 5.91 Å². The number of nitrogens with zero attached hydrogens (tertiary/aromatic N) is 1. The van der Waals surface area contributed by atoms with Gasteiger partial charge in [-0.25, -0.2) is 0 Å². The molecule has 0 spiro atoms. The number of ether oxygens (including phenoxy) is 1. The van der Waals surface area contributed by atoms with Gasteiger partial charge in [0.1, 0.15) is 5.75 Å². The Labute approximate surface area is 133 Å². The van der Waals surface area contributed by atoms with Crippen molar-refractivity contribution in [1.29, 1.82) is 0 Å². The first-order valence-corrected chi connectivity index (χ1v) is 8.21. The molecule has 1 fully saturated rings. The van der Waals surface area contributed by atoms with Crippen LogP contribution in [0.4, 0.5) is 0 Å². The predicted molar refractivity (Wildman–Crippen MR) is 89.1 cm³/mol. The van der Waals surface area contributed by atoms with Gasteiger partial charge in [0, 0.05) is 25.6 Å². The highest BCUT2D eigenvalue weighted by Crippen LogP contribution is 2.23. The molecule has 0 aliphatic carbocycles. The molecule has 22 heavy (non-hydrogen) atoms. The molecule has 0 radical (unpaired) electrons. The Morgan fingerprint density at radius 3 is 2.95 bits per heavy atom. The van der Waals surface area contributed by atoms with Crippen molar-refractivity contribution in [2.24, 2.45) is 5.92 Å². The van der Waals surface area contributed by atoms with Gasteiger partial charge in [0.25, 0.3) is 0 Å². The molecule has 0 bridgehead atoms. The Hall–Kier alpha value is -1.55. The molecule has 4 heteroatoms. The molecule has 2 atom stereocenters. The normalized spacial score (nSPS) is 19.8. The maximum Gasteiger partial charge on any atom is 0.222 e. The Balaban J connectivity index is 1.88. The van der Waals surface area contributed by atoms with E-state index in [1.165, 1.54) is 5.56 Å². The van der Waals surface area contributed by atoms with E-state index in [9.17, 15) is 4.79 Å². The van der Waals surface area contributed by atoms with Crippen LogP contribution in [-0.4, -0.2) is 44.1 Å². The number of piperidine rings is 1. The molecule has 4 nitrogen and oxygen atoms in total. The van der Waals surface area contributed by atoms with Crippen molar-refractivity contribution in [2.75, 3.05) is 27.2 Å². The molecule has 0 saturated carbocycles. The lowest BCUT2D eigenvalue weighted by molar-refractivity contribution is -0.133. The smallest absolute Gasteiger partial charge is 0.222 e. The minimum atomic E-state index is 0.280. The van der Waals surface area contributed by atoms with E-state index in [1.807, 2.05) is 30.1 Å². The van der Waals surface area contributed by atoms with Crippen LogP contribution in [0, 0.1) is 5.92 Å². The lowest BCUT2D eigenvalue weighted by Gasteiger charge is -2.33. The molecule has 1 aliphatic heterocycles. The molecule has 1 saturated heterocycles. The van der Waals surface area contributed by atoms with Crippen LogP contribution in [0.3, 0.4) is 0 Å². The van der Waals surface area contributed by atoms with E-state index in [2.05, 4.69) is 18.3 Å². The first-order valence-electron chi connectivity index (χ1n) is 8.21. The zero-order chi connectivity index (χ0) is 15.9. The van der Waals surface area contributed by atoms with Gasteiger partial charge >= 0.3 is 0 Å². The summed E-state index contributed by atoms with van der Waals surface area (Å²) in [7, 11) is 3.67. The van der Waals surface area contributed by atoms with E-state index in [0.29, 0.717) is 18.4 Å². The van der Waals surface area contributed by atoms with E-state index >= 15 is 0 Å². The third-order valence-corrected chi connectivity index (χ3v) is 4.47. The van der Waals surface area contributed by atoms with Crippen molar-refractivity contribution < 1.29 is 9.53 Å². The molecule has 1 heterocycles. The number of methoxy groups -OCH3 is 1. The third kappa shape index (κ3) is 4.47. The molecule has 122 valence electrons. The van der Waals surface area contributed by atoms with Gasteiger partial charge in [-0.15, -0.1) is 0 Å². The summed E-state index contributed by atoms with van der Waals surface area (Å²) in [5.41, 5.74) is 1.18. The maximum absolute atomic E-state index is 12.5. The SMILES string of the molecule is CN[C@@H]1CCCN(C(=O)C[C@@H](C)Cc2ccccc2OC)C1. The van der Waals surface area contributed by atoms with Crippen LogP contribution in [0.25, 0.3) is 0 Å². The lowest BCUT2D eigenvalue weighted by Crippen LogP contribution is -2.47. The largest absolute Gasteiger partial charge is 0.496 e. The fraction of sp³-hybridized carbons (Fsp3) is 0.611. The summed E-state index contributed by atoms with van der Waals surface area (Å²) in [6.07, 6.45) is 3.74. The van der Waals surface area contributed by atoms with Crippen molar-refractivity contribution in [3.05, 3.63) is 29.8 Å². The highest BCUT2D eigenvalue weighted by atomic mass is 16.5. The number of hydrogen-bond acceptors (Lipinski definition) is 3. The number of amides is 1. The van der Waals surface area contributed by atoms with Crippen LogP contribution in [0.2, 0.25) is 0 Å². The molecule has 1 aliphatic rings. The Morgan fingerprint density at radius 1 is 1.45 bits per heavy atom. The number of hydrogen-bond donors (Lipinski definition) is 1. The second-order valence-electron chi connectivity index (χ2n) is 6.29. The highest BCUT2D eigenvalue weighted by Gasteiger charge is 2.23. The quantitative estimate of drug-likeness (QED) is 0.878. The number of benzene rings is 1. The second kappa shape index (κ2) is 8.18. The average Bonchev–Trinajstić information content (AvgIpc) is 2.55. The van der Waals surface area contributed by atoms with Crippen molar-refractivity contribution in [1.82, 2.24) is 10.2 Å². The van der Waals surface area contributed by atoms with Gasteiger partial charge in [0.05, 0.1) is 7.11 Å². The molecule has 1 aromatic carbocycles. The summed E-state index contributed by atoms with van der Waals surface area (Å²) < 4.78 is 5.39. The number of para-hydroxylation sites is 1. The van der Waals surface area contributed by atoms with Crippen LogP contribution in [0.15, 0.2) is 24.3 Å². The number of likely N-dealkylation sites (N-methyl/N-ethyl adjacent to an activating group) is 1. The van der Waals surface area contributed by atoms with Gasteiger partial charge in [0.2, 0.25) is 5.91 Å². The van der Waals surface area contributed by atoms with Crippen LogP contribution >= 0.6 is 0 Å². The van der Waals surface area contributed by atoms with Crippen molar-refractivity contribution in [3.63, 3.8) is 0 Å². The molecule has 2 rings (SSSR count). The second-order valence-corrected chi connectivity index (χ2v) is 6.29. The number of carbonyl (C=O) groups is 1. The van der Waals surface area contributed by atoms with E-state index in [1.54, 1.807) is 7.11 Å². The predicted octanol–water partition coefficient (Wildman–Crippen LogP) is 2.47. The van der Waals surface area contributed by atoms with E-state index < -0.39 is 0 Å². The first kappa shape index (κ1) is 16.8. The van der Waals surface area contributed by atoms with Gasteiger partial charge < -0.3 is 15.0 Å². The van der Waals surface area contributed by atoms with Gasteiger partial charge in [0.15, 0.2) is 0 Å². The summed E-state index contributed by atoms with van der Waals surface area (Å²) in [5, 5.41) is 3.29. The van der Waals surface area contributed by atoms with E-state index in [0.717, 1.165) is 38.1 Å². The first-order chi connectivity index (χ1) is 10.6. The molecule has 0 aromatic heterocycles. The summed E-state index contributed by atoms with van der Waals surface area (Å²) in [6, 6.07) is 8.50. The number of likely N-dealkylation sites (tertiary alicyclic amines) is 1. The summed E-state index contributed by atoms with van der Waals surface area (Å²) >= 11 is 0. The van der Waals surface area contributed by atoms with Gasteiger partial charge in [-0.05, 0) is 43.9 Å². The standard InChI is InChI=1S/C18H28N2O2/c1-14(11-15-7-4-5-9-17(15)22-3)12-18(21)20-10-6-8-16(13-20)19-2/h4-5,7,9,14,16,19H,6,8,10-13H2,1-3H3/t14-,16+/m0/s1. The lowest BCUT2D eigenvalue weighted by atomic mass is 9.96. The van der Waals surface area contributed by atoms with Crippen LogP contribution in [0.1, 0.15) is 31.7 Å². The average molecular weight is 304 g/mol. The van der Waals surface area contributed by atoms with Crippen molar-refractivity contribution in [2.45, 2.75) is 38.6 Å². The van der Waals surface area contributed by atoms with Crippen molar-refractivity contribution >= 4 is 5.91 Å². The van der Waals surface area contributed by atoms with Gasteiger partial charge in [-0.3, -0.25) is 4.79 Å². The number of rotatable bonds is 6. The van der Waals surface area contributed by atoms with E-state index in [4.69, 9.17) is 4.74 Å². The van der Waals surface area contributed by atoms with Gasteiger partial charge in [-0.2, -0.15) is 0 Å². The fourth-order valence-corrected chi connectivity index (χ4v) is 3.19. The Bertz CT molecular complexity index is 490. The number of nitrogens with one attached hydrogen (secondary N) is 1. The highest BCUT2D eigenvalue weighted by molar-refractivity contribution is 5.76. The van der Waals surface area contributed by atoms with Crippen molar-refractivity contribution in [3.8, 4) is 5.75 Å².